The Bertz CT molecular complexity index is 635. The number of fused-ring (bicyclic) bond motifs is 1. The molecule has 2 N–H and O–H groups in total. The molecule has 0 saturated heterocycles. The Hall–Kier alpha value is -2.36. The van der Waals surface area contributed by atoms with Gasteiger partial charge in [-0.1, -0.05) is 44.2 Å². The Morgan fingerprint density at radius 2 is 1.70 bits per heavy atom. The molecular formula is C16H18N2O2. The molecule has 0 aliphatic rings. The summed E-state index contributed by atoms with van der Waals surface area (Å²) in [6.45, 7) is 4.44. The van der Waals surface area contributed by atoms with E-state index in [1.54, 1.807) is 6.07 Å². The fourth-order valence-corrected chi connectivity index (χ4v) is 1.83. The van der Waals surface area contributed by atoms with Gasteiger partial charge in [0, 0.05) is 12.2 Å². The molecule has 0 spiro atoms. The van der Waals surface area contributed by atoms with Crippen LogP contribution in [0, 0.1) is 5.92 Å². The highest BCUT2D eigenvalue weighted by Gasteiger charge is 2.13. The molecule has 0 fully saturated rings. The summed E-state index contributed by atoms with van der Waals surface area (Å²) in [7, 11) is 0. The number of hydrogen-bond acceptors (Lipinski definition) is 2. The van der Waals surface area contributed by atoms with E-state index >= 15 is 0 Å². The Morgan fingerprint density at radius 3 is 2.40 bits per heavy atom. The third kappa shape index (κ3) is 3.57. The third-order valence-electron chi connectivity index (χ3n) is 2.88. The molecule has 2 rings (SSSR count). The summed E-state index contributed by atoms with van der Waals surface area (Å²) in [5.41, 5.74) is 0.619. The van der Waals surface area contributed by atoms with Gasteiger partial charge in [-0.15, -0.1) is 0 Å². The van der Waals surface area contributed by atoms with Crippen molar-refractivity contribution in [2.24, 2.45) is 5.92 Å². The number of carbonyl (C=O) groups excluding carboxylic acids is 2. The number of carbonyl (C=O) groups is 2. The van der Waals surface area contributed by atoms with Crippen LogP contribution >= 0.6 is 0 Å². The lowest BCUT2D eigenvalue weighted by atomic mass is 10.1. The Balaban J connectivity index is 2.04. The van der Waals surface area contributed by atoms with Crippen LogP contribution in [-0.2, 0) is 9.59 Å². The van der Waals surface area contributed by atoms with Gasteiger partial charge < -0.3 is 10.6 Å². The first-order chi connectivity index (χ1) is 9.56. The summed E-state index contributed by atoms with van der Waals surface area (Å²) in [6, 6.07) is 13.4. The molecule has 0 aromatic heterocycles. The van der Waals surface area contributed by atoms with Crippen LogP contribution in [0.3, 0.4) is 0 Å². The van der Waals surface area contributed by atoms with Gasteiger partial charge in [-0.2, -0.15) is 0 Å². The van der Waals surface area contributed by atoms with E-state index in [0.29, 0.717) is 18.2 Å². The van der Waals surface area contributed by atoms with E-state index in [1.807, 2.05) is 50.2 Å². The van der Waals surface area contributed by atoms with Crippen LogP contribution in [-0.4, -0.2) is 18.4 Å². The minimum Gasteiger partial charge on any atom is -0.348 e. The predicted molar refractivity (Wildman–Crippen MR) is 80.4 cm³/mol. The van der Waals surface area contributed by atoms with Gasteiger partial charge in [-0.3, -0.25) is 9.59 Å². The number of nitrogens with one attached hydrogen (secondary N) is 2. The molecule has 0 atom stereocenters. The fraction of sp³-hybridized carbons (Fsp3) is 0.250. The Morgan fingerprint density at radius 1 is 1.00 bits per heavy atom. The molecule has 0 aliphatic heterocycles. The van der Waals surface area contributed by atoms with E-state index < -0.39 is 11.8 Å². The Labute approximate surface area is 118 Å². The van der Waals surface area contributed by atoms with Crippen molar-refractivity contribution in [2.75, 3.05) is 11.9 Å². The van der Waals surface area contributed by atoms with Crippen molar-refractivity contribution in [3.8, 4) is 0 Å². The molecular weight excluding hydrogens is 252 g/mol. The van der Waals surface area contributed by atoms with E-state index in [2.05, 4.69) is 10.6 Å². The van der Waals surface area contributed by atoms with E-state index in [1.165, 1.54) is 0 Å². The summed E-state index contributed by atoms with van der Waals surface area (Å²) in [4.78, 5) is 23.3. The SMILES string of the molecule is CC(C)CNC(=O)C(=O)Nc1ccc2ccccc2c1. The number of amides is 2. The normalized spacial score (nSPS) is 10.6. The van der Waals surface area contributed by atoms with Crippen molar-refractivity contribution in [3.05, 3.63) is 42.5 Å². The van der Waals surface area contributed by atoms with Gasteiger partial charge in [0.2, 0.25) is 0 Å². The average molecular weight is 270 g/mol. The van der Waals surface area contributed by atoms with Crippen LogP contribution in [0.25, 0.3) is 10.8 Å². The molecule has 20 heavy (non-hydrogen) atoms. The quantitative estimate of drug-likeness (QED) is 0.842. The lowest BCUT2D eigenvalue weighted by Gasteiger charge is -2.08. The van der Waals surface area contributed by atoms with Crippen LogP contribution in [0.15, 0.2) is 42.5 Å². The summed E-state index contributed by atoms with van der Waals surface area (Å²) in [5.74, 6) is -0.930. The number of benzene rings is 2. The van der Waals surface area contributed by atoms with Crippen molar-refractivity contribution in [1.82, 2.24) is 5.32 Å². The van der Waals surface area contributed by atoms with E-state index in [9.17, 15) is 9.59 Å². The van der Waals surface area contributed by atoms with E-state index in [0.717, 1.165) is 10.8 Å². The highest BCUT2D eigenvalue weighted by molar-refractivity contribution is 6.39. The Kier molecular flexibility index (Phi) is 4.35. The maximum atomic E-state index is 11.7. The zero-order valence-corrected chi connectivity index (χ0v) is 11.6. The van der Waals surface area contributed by atoms with Crippen LogP contribution in [0.1, 0.15) is 13.8 Å². The second-order valence-corrected chi connectivity index (χ2v) is 5.12. The van der Waals surface area contributed by atoms with Gasteiger partial charge in [-0.25, -0.2) is 0 Å². The van der Waals surface area contributed by atoms with E-state index in [-0.39, 0.29) is 0 Å². The standard InChI is InChI=1S/C16H18N2O2/c1-11(2)10-17-15(19)16(20)18-14-8-7-12-5-3-4-6-13(12)9-14/h3-9,11H,10H2,1-2H3,(H,17,19)(H,18,20). The summed E-state index contributed by atoms with van der Waals surface area (Å²) in [5, 5.41) is 7.31. The molecule has 0 heterocycles. The molecule has 0 unspecified atom stereocenters. The number of anilines is 1. The second kappa shape index (κ2) is 6.19. The first kappa shape index (κ1) is 14.1. The number of rotatable bonds is 3. The smallest absolute Gasteiger partial charge is 0.313 e. The van der Waals surface area contributed by atoms with Crippen LogP contribution in [0.4, 0.5) is 5.69 Å². The van der Waals surface area contributed by atoms with Gasteiger partial charge >= 0.3 is 11.8 Å². The first-order valence-electron chi connectivity index (χ1n) is 6.64. The monoisotopic (exact) mass is 270 g/mol. The second-order valence-electron chi connectivity index (χ2n) is 5.12. The van der Waals surface area contributed by atoms with Crippen LogP contribution in [0.2, 0.25) is 0 Å². The summed E-state index contributed by atoms with van der Waals surface area (Å²) in [6.07, 6.45) is 0. The molecule has 0 bridgehead atoms. The minimum absolute atomic E-state index is 0.312. The molecule has 2 aromatic carbocycles. The minimum atomic E-state index is -0.638. The molecule has 2 amide bonds. The van der Waals surface area contributed by atoms with Gasteiger partial charge in [0.1, 0.15) is 0 Å². The lowest BCUT2D eigenvalue weighted by Crippen LogP contribution is -2.37. The van der Waals surface area contributed by atoms with Crippen LogP contribution < -0.4 is 10.6 Å². The van der Waals surface area contributed by atoms with Gasteiger partial charge in [0.25, 0.3) is 0 Å². The predicted octanol–water partition coefficient (Wildman–Crippen LogP) is 2.55. The summed E-state index contributed by atoms with van der Waals surface area (Å²) >= 11 is 0. The topological polar surface area (TPSA) is 58.2 Å². The highest BCUT2D eigenvalue weighted by Crippen LogP contribution is 2.18. The third-order valence-corrected chi connectivity index (χ3v) is 2.88. The average Bonchev–Trinajstić information content (AvgIpc) is 2.44. The maximum Gasteiger partial charge on any atom is 0.313 e. The molecule has 0 saturated carbocycles. The molecule has 0 aliphatic carbocycles. The molecule has 4 nitrogen and oxygen atoms in total. The zero-order valence-electron chi connectivity index (χ0n) is 11.6. The largest absolute Gasteiger partial charge is 0.348 e. The number of hydrogen-bond donors (Lipinski definition) is 2. The van der Waals surface area contributed by atoms with Crippen molar-refractivity contribution < 1.29 is 9.59 Å². The zero-order chi connectivity index (χ0) is 14.5. The molecule has 2 aromatic rings. The lowest BCUT2D eigenvalue weighted by molar-refractivity contribution is -0.136. The van der Waals surface area contributed by atoms with Crippen molar-refractivity contribution >= 4 is 28.3 Å². The van der Waals surface area contributed by atoms with Crippen molar-refractivity contribution in [2.45, 2.75) is 13.8 Å². The van der Waals surface area contributed by atoms with Crippen molar-refractivity contribution in [1.29, 1.82) is 0 Å². The van der Waals surface area contributed by atoms with E-state index in [4.69, 9.17) is 0 Å². The van der Waals surface area contributed by atoms with Gasteiger partial charge in [0.15, 0.2) is 0 Å². The van der Waals surface area contributed by atoms with Gasteiger partial charge in [0.05, 0.1) is 0 Å². The summed E-state index contributed by atoms with van der Waals surface area (Å²) < 4.78 is 0. The molecule has 104 valence electrons. The van der Waals surface area contributed by atoms with Gasteiger partial charge in [-0.05, 0) is 28.8 Å². The maximum absolute atomic E-state index is 11.7. The first-order valence-corrected chi connectivity index (χ1v) is 6.64. The van der Waals surface area contributed by atoms with Crippen molar-refractivity contribution in [3.63, 3.8) is 0 Å². The molecule has 4 heteroatoms. The molecule has 0 radical (unpaired) electrons. The fourth-order valence-electron chi connectivity index (χ4n) is 1.83. The van der Waals surface area contributed by atoms with Crippen LogP contribution in [0.5, 0.6) is 0 Å². The highest BCUT2D eigenvalue weighted by atomic mass is 16.2.